The number of rotatable bonds is 5. The first-order valence-corrected chi connectivity index (χ1v) is 7.86. The lowest BCUT2D eigenvalue weighted by Gasteiger charge is -2.40. The Morgan fingerprint density at radius 2 is 1.80 bits per heavy atom. The highest BCUT2D eigenvalue weighted by atomic mass is 35.5. The van der Waals surface area contributed by atoms with Gasteiger partial charge in [0.25, 0.3) is 0 Å². The molecule has 0 aromatic heterocycles. The molecule has 0 saturated carbocycles. The van der Waals surface area contributed by atoms with E-state index in [1.807, 2.05) is 12.1 Å². The Kier molecular flexibility index (Phi) is 5.30. The zero-order chi connectivity index (χ0) is 14.6. The first-order valence-electron chi connectivity index (χ1n) is 7.49. The molecule has 1 aromatic carbocycles. The number of nitrogens with zero attached hydrogens (tertiary/aromatic N) is 2. The fraction of sp³-hybridized carbons (Fsp3) is 0.625. The van der Waals surface area contributed by atoms with Crippen LogP contribution in [0, 0.1) is 0 Å². The minimum absolute atomic E-state index is 0.182. The summed E-state index contributed by atoms with van der Waals surface area (Å²) in [5.41, 5.74) is 1.35. The molecule has 0 aliphatic carbocycles. The first-order chi connectivity index (χ1) is 9.52. The van der Waals surface area contributed by atoms with Crippen LogP contribution in [0.5, 0.6) is 0 Å². The van der Waals surface area contributed by atoms with E-state index in [1.165, 1.54) is 5.69 Å². The Hall–Kier alpha value is -0.770. The van der Waals surface area contributed by atoms with Crippen molar-refractivity contribution in [1.82, 2.24) is 10.2 Å². The molecule has 0 radical (unpaired) electrons. The molecular weight excluding hydrogens is 270 g/mol. The summed E-state index contributed by atoms with van der Waals surface area (Å²) in [5.74, 6) is 0. The van der Waals surface area contributed by atoms with E-state index in [4.69, 9.17) is 11.6 Å². The Labute approximate surface area is 127 Å². The van der Waals surface area contributed by atoms with Gasteiger partial charge in [-0.3, -0.25) is 4.90 Å². The Morgan fingerprint density at radius 1 is 1.15 bits per heavy atom. The summed E-state index contributed by atoms with van der Waals surface area (Å²) in [5, 5.41) is 4.40. The van der Waals surface area contributed by atoms with Gasteiger partial charge in [0.2, 0.25) is 0 Å². The average Bonchev–Trinajstić information content (AvgIpc) is 2.40. The molecular formula is C16H26ClN3. The van der Waals surface area contributed by atoms with Crippen molar-refractivity contribution in [3.05, 3.63) is 29.3 Å². The predicted molar refractivity (Wildman–Crippen MR) is 87.9 cm³/mol. The second-order valence-corrected chi connectivity index (χ2v) is 6.54. The highest BCUT2D eigenvalue weighted by molar-refractivity contribution is 6.33. The van der Waals surface area contributed by atoms with Gasteiger partial charge in [0.15, 0.2) is 0 Å². The standard InChI is InChI=1S/C16H26ClN3/c1-4-18-16(2,3)13-19-9-11-20(12-10-19)15-8-6-5-7-14(15)17/h5-8,18H,4,9-13H2,1-3H3. The molecule has 112 valence electrons. The summed E-state index contributed by atoms with van der Waals surface area (Å²) in [6.07, 6.45) is 0. The molecule has 1 aliphatic heterocycles. The summed E-state index contributed by atoms with van der Waals surface area (Å²) in [7, 11) is 0. The molecule has 0 atom stereocenters. The first kappa shape index (κ1) is 15.6. The summed E-state index contributed by atoms with van der Waals surface area (Å²) in [6, 6.07) is 8.13. The Morgan fingerprint density at radius 3 is 2.40 bits per heavy atom. The zero-order valence-electron chi connectivity index (χ0n) is 12.8. The minimum atomic E-state index is 0.182. The third-order valence-electron chi connectivity index (χ3n) is 3.84. The third kappa shape index (κ3) is 4.11. The van der Waals surface area contributed by atoms with Crippen LogP contribution in [0.2, 0.25) is 5.02 Å². The molecule has 0 bridgehead atoms. The number of hydrogen-bond acceptors (Lipinski definition) is 3. The highest BCUT2D eigenvalue weighted by Crippen LogP contribution is 2.26. The molecule has 0 spiro atoms. The van der Waals surface area contributed by atoms with Gasteiger partial charge in [-0.05, 0) is 32.5 Å². The fourth-order valence-corrected chi connectivity index (χ4v) is 3.20. The van der Waals surface area contributed by atoms with Crippen LogP contribution < -0.4 is 10.2 Å². The SMILES string of the molecule is CCNC(C)(C)CN1CCN(c2ccccc2Cl)CC1. The van der Waals surface area contributed by atoms with Crippen LogP contribution in [0.15, 0.2) is 24.3 Å². The van der Waals surface area contributed by atoms with Crippen molar-refractivity contribution in [2.24, 2.45) is 0 Å². The van der Waals surface area contributed by atoms with E-state index in [1.54, 1.807) is 0 Å². The fourth-order valence-electron chi connectivity index (χ4n) is 2.95. The van der Waals surface area contributed by atoms with Crippen LogP contribution in [0.4, 0.5) is 5.69 Å². The normalized spacial score (nSPS) is 17.5. The molecule has 2 rings (SSSR count). The van der Waals surface area contributed by atoms with Crippen LogP contribution in [-0.4, -0.2) is 49.7 Å². The number of nitrogens with one attached hydrogen (secondary N) is 1. The van der Waals surface area contributed by atoms with E-state index in [0.717, 1.165) is 44.3 Å². The Balaban J connectivity index is 1.88. The second-order valence-electron chi connectivity index (χ2n) is 6.13. The van der Waals surface area contributed by atoms with Gasteiger partial charge < -0.3 is 10.2 Å². The third-order valence-corrected chi connectivity index (χ3v) is 4.16. The van der Waals surface area contributed by atoms with Crippen LogP contribution >= 0.6 is 11.6 Å². The van der Waals surface area contributed by atoms with Crippen LogP contribution in [0.1, 0.15) is 20.8 Å². The highest BCUT2D eigenvalue weighted by Gasteiger charge is 2.24. The number of hydrogen-bond donors (Lipinski definition) is 1. The summed E-state index contributed by atoms with van der Waals surface area (Å²) in [4.78, 5) is 4.93. The van der Waals surface area contributed by atoms with Crippen molar-refractivity contribution in [3.63, 3.8) is 0 Å². The summed E-state index contributed by atoms with van der Waals surface area (Å²) in [6.45, 7) is 13.1. The molecule has 1 N–H and O–H groups in total. The van der Waals surface area contributed by atoms with E-state index < -0.39 is 0 Å². The van der Waals surface area contributed by atoms with E-state index in [0.29, 0.717) is 0 Å². The second kappa shape index (κ2) is 6.79. The topological polar surface area (TPSA) is 18.5 Å². The molecule has 1 saturated heterocycles. The van der Waals surface area contributed by atoms with E-state index in [2.05, 4.69) is 48.0 Å². The van der Waals surface area contributed by atoms with Gasteiger partial charge in [0.1, 0.15) is 0 Å². The van der Waals surface area contributed by atoms with E-state index in [-0.39, 0.29) is 5.54 Å². The molecule has 20 heavy (non-hydrogen) atoms. The van der Waals surface area contributed by atoms with Gasteiger partial charge in [-0.2, -0.15) is 0 Å². The van der Waals surface area contributed by atoms with E-state index in [9.17, 15) is 0 Å². The quantitative estimate of drug-likeness (QED) is 0.901. The molecule has 1 heterocycles. The predicted octanol–water partition coefficient (Wildman–Crippen LogP) is 2.85. The van der Waals surface area contributed by atoms with E-state index >= 15 is 0 Å². The number of anilines is 1. The molecule has 3 nitrogen and oxygen atoms in total. The number of para-hydroxylation sites is 1. The van der Waals surface area contributed by atoms with Crippen LogP contribution in [0.25, 0.3) is 0 Å². The van der Waals surface area contributed by atoms with Gasteiger partial charge in [-0.25, -0.2) is 0 Å². The number of likely N-dealkylation sites (N-methyl/N-ethyl adjacent to an activating group) is 1. The van der Waals surface area contributed by atoms with Crippen molar-refractivity contribution in [1.29, 1.82) is 0 Å². The molecule has 0 amide bonds. The van der Waals surface area contributed by atoms with Crippen molar-refractivity contribution >= 4 is 17.3 Å². The van der Waals surface area contributed by atoms with Gasteiger partial charge in [0.05, 0.1) is 10.7 Å². The molecule has 4 heteroatoms. The molecule has 1 fully saturated rings. The summed E-state index contributed by atoms with van der Waals surface area (Å²) < 4.78 is 0. The largest absolute Gasteiger partial charge is 0.368 e. The number of halogens is 1. The van der Waals surface area contributed by atoms with Gasteiger partial charge >= 0.3 is 0 Å². The van der Waals surface area contributed by atoms with Gasteiger partial charge in [-0.15, -0.1) is 0 Å². The van der Waals surface area contributed by atoms with Gasteiger partial charge in [0, 0.05) is 38.3 Å². The van der Waals surface area contributed by atoms with Crippen LogP contribution in [0.3, 0.4) is 0 Å². The lowest BCUT2D eigenvalue weighted by molar-refractivity contribution is 0.193. The van der Waals surface area contributed by atoms with Gasteiger partial charge in [-0.1, -0.05) is 30.7 Å². The average molecular weight is 296 g/mol. The lowest BCUT2D eigenvalue weighted by Crippen LogP contribution is -2.54. The van der Waals surface area contributed by atoms with Crippen molar-refractivity contribution in [2.75, 3.05) is 44.2 Å². The number of benzene rings is 1. The Bertz CT molecular complexity index is 425. The monoisotopic (exact) mass is 295 g/mol. The maximum atomic E-state index is 6.28. The maximum Gasteiger partial charge on any atom is 0.0639 e. The van der Waals surface area contributed by atoms with Crippen molar-refractivity contribution in [3.8, 4) is 0 Å². The minimum Gasteiger partial charge on any atom is -0.368 e. The van der Waals surface area contributed by atoms with Crippen molar-refractivity contribution < 1.29 is 0 Å². The lowest BCUT2D eigenvalue weighted by atomic mass is 10.0. The summed E-state index contributed by atoms with van der Waals surface area (Å²) >= 11 is 6.28. The zero-order valence-corrected chi connectivity index (χ0v) is 13.6. The van der Waals surface area contributed by atoms with Crippen LogP contribution in [-0.2, 0) is 0 Å². The maximum absolute atomic E-state index is 6.28. The molecule has 1 aromatic rings. The molecule has 1 aliphatic rings. The molecule has 0 unspecified atom stereocenters. The number of piperazine rings is 1. The van der Waals surface area contributed by atoms with Crippen molar-refractivity contribution in [2.45, 2.75) is 26.3 Å². The smallest absolute Gasteiger partial charge is 0.0639 e.